The van der Waals surface area contributed by atoms with Crippen molar-refractivity contribution in [3.63, 3.8) is 0 Å². The van der Waals surface area contributed by atoms with E-state index in [4.69, 9.17) is 5.73 Å². The monoisotopic (exact) mass is 244 g/mol. The van der Waals surface area contributed by atoms with Gasteiger partial charge in [0.25, 0.3) is 0 Å². The van der Waals surface area contributed by atoms with Crippen molar-refractivity contribution < 1.29 is 14.4 Å². The quantitative estimate of drug-likeness (QED) is 0.619. The molecule has 90 valence electrons. The number of carbonyl (C=O) groups is 3. The van der Waals surface area contributed by atoms with Crippen LogP contribution in [-0.4, -0.2) is 35.1 Å². The molecule has 2 amide bonds. The van der Waals surface area contributed by atoms with E-state index in [-0.39, 0.29) is 18.1 Å². The standard InChI is InChI=1S/C10H16N2O3S/c1-6-2-3-16-5-7(10(11)15)12-9(14)4-8(6)13/h6-7H,2-5H2,1H3,(H2,11,15)(H,12,14). The summed E-state index contributed by atoms with van der Waals surface area (Å²) in [5, 5.41) is 2.48. The molecule has 1 heterocycles. The lowest BCUT2D eigenvalue weighted by atomic mass is 10.0. The molecule has 3 N–H and O–H groups in total. The third kappa shape index (κ3) is 3.84. The highest BCUT2D eigenvalue weighted by Gasteiger charge is 2.23. The summed E-state index contributed by atoms with van der Waals surface area (Å²) in [5.74, 6) is 0.130. The van der Waals surface area contributed by atoms with Crippen molar-refractivity contribution in [3.05, 3.63) is 0 Å². The Morgan fingerprint density at radius 1 is 1.50 bits per heavy atom. The topological polar surface area (TPSA) is 89.3 Å². The largest absolute Gasteiger partial charge is 0.368 e. The molecule has 0 aromatic rings. The highest BCUT2D eigenvalue weighted by Crippen LogP contribution is 2.14. The molecule has 0 aromatic heterocycles. The zero-order valence-corrected chi connectivity index (χ0v) is 10.0. The average molecular weight is 244 g/mol. The number of nitrogens with two attached hydrogens (primary N) is 1. The van der Waals surface area contributed by atoms with E-state index >= 15 is 0 Å². The first-order chi connectivity index (χ1) is 7.50. The van der Waals surface area contributed by atoms with Gasteiger partial charge in [-0.25, -0.2) is 0 Å². The predicted molar refractivity (Wildman–Crippen MR) is 61.9 cm³/mol. The first kappa shape index (κ1) is 13.0. The first-order valence-electron chi connectivity index (χ1n) is 5.20. The Balaban J connectivity index is 2.65. The molecule has 1 aliphatic rings. The number of hydrogen-bond donors (Lipinski definition) is 2. The second-order valence-electron chi connectivity index (χ2n) is 3.93. The van der Waals surface area contributed by atoms with E-state index in [0.29, 0.717) is 5.75 Å². The minimum atomic E-state index is -0.668. The zero-order chi connectivity index (χ0) is 12.1. The summed E-state index contributed by atoms with van der Waals surface area (Å²) in [4.78, 5) is 34.0. The number of Topliss-reactive ketones (excluding diaryl/α,β-unsaturated/α-hetero) is 1. The Morgan fingerprint density at radius 2 is 2.19 bits per heavy atom. The van der Waals surface area contributed by atoms with Crippen LogP contribution in [0.4, 0.5) is 0 Å². The average Bonchev–Trinajstić information content (AvgIpc) is 2.20. The normalized spacial score (nSPS) is 28.3. The van der Waals surface area contributed by atoms with Crippen LogP contribution in [0.25, 0.3) is 0 Å². The molecule has 0 aliphatic carbocycles. The van der Waals surface area contributed by atoms with E-state index in [1.807, 2.05) is 6.92 Å². The van der Waals surface area contributed by atoms with Gasteiger partial charge in [-0.1, -0.05) is 6.92 Å². The van der Waals surface area contributed by atoms with Gasteiger partial charge in [0.15, 0.2) is 0 Å². The lowest BCUT2D eigenvalue weighted by molar-refractivity contribution is -0.132. The van der Waals surface area contributed by atoms with Gasteiger partial charge >= 0.3 is 0 Å². The molecule has 1 fully saturated rings. The maximum absolute atomic E-state index is 11.5. The Labute approximate surface area is 98.5 Å². The van der Waals surface area contributed by atoms with Crippen molar-refractivity contribution in [2.24, 2.45) is 11.7 Å². The minimum Gasteiger partial charge on any atom is -0.368 e. The fraction of sp³-hybridized carbons (Fsp3) is 0.700. The molecule has 1 saturated heterocycles. The number of carbonyl (C=O) groups excluding carboxylic acids is 3. The SMILES string of the molecule is CC1CCSCC(C(N)=O)NC(=O)CC1=O. The molecule has 16 heavy (non-hydrogen) atoms. The lowest BCUT2D eigenvalue weighted by Gasteiger charge is -2.18. The minimum absolute atomic E-state index is 0.0804. The number of ketones is 1. The van der Waals surface area contributed by atoms with E-state index in [1.165, 1.54) is 11.8 Å². The van der Waals surface area contributed by atoms with Crippen LogP contribution in [0.2, 0.25) is 0 Å². The van der Waals surface area contributed by atoms with Crippen molar-refractivity contribution in [3.8, 4) is 0 Å². The molecule has 6 heteroatoms. The van der Waals surface area contributed by atoms with Crippen LogP contribution in [0.15, 0.2) is 0 Å². The molecular weight excluding hydrogens is 228 g/mol. The predicted octanol–water partition coefficient (Wildman–Crippen LogP) is -0.311. The maximum atomic E-state index is 11.5. The Hall–Kier alpha value is -1.04. The molecule has 0 spiro atoms. The Morgan fingerprint density at radius 3 is 2.81 bits per heavy atom. The van der Waals surface area contributed by atoms with Crippen molar-refractivity contribution in [1.29, 1.82) is 0 Å². The van der Waals surface area contributed by atoms with Crippen LogP contribution in [0.1, 0.15) is 19.8 Å². The summed E-state index contributed by atoms with van der Waals surface area (Å²) in [7, 11) is 0. The summed E-state index contributed by atoms with van der Waals surface area (Å²) < 4.78 is 0. The summed E-state index contributed by atoms with van der Waals surface area (Å²) in [6, 6.07) is -0.668. The molecular formula is C10H16N2O3S. The van der Waals surface area contributed by atoms with Gasteiger partial charge in [-0.05, 0) is 12.2 Å². The highest BCUT2D eigenvalue weighted by molar-refractivity contribution is 7.99. The van der Waals surface area contributed by atoms with Crippen molar-refractivity contribution in [1.82, 2.24) is 5.32 Å². The van der Waals surface area contributed by atoms with Gasteiger partial charge in [0.05, 0.1) is 6.42 Å². The van der Waals surface area contributed by atoms with E-state index in [1.54, 1.807) is 0 Å². The number of thioether (sulfide) groups is 1. The summed E-state index contributed by atoms with van der Waals surface area (Å²) in [6.45, 7) is 1.82. The molecule has 0 aromatic carbocycles. The summed E-state index contributed by atoms with van der Waals surface area (Å²) in [6.07, 6.45) is 0.581. The summed E-state index contributed by atoms with van der Waals surface area (Å²) >= 11 is 1.53. The molecule has 0 radical (unpaired) electrons. The van der Waals surface area contributed by atoms with E-state index in [9.17, 15) is 14.4 Å². The number of nitrogens with one attached hydrogen (secondary N) is 1. The highest BCUT2D eigenvalue weighted by atomic mass is 32.2. The van der Waals surface area contributed by atoms with Crippen LogP contribution >= 0.6 is 11.8 Å². The van der Waals surface area contributed by atoms with E-state index in [0.717, 1.165) is 12.2 Å². The van der Waals surface area contributed by atoms with Gasteiger partial charge in [0, 0.05) is 11.7 Å². The lowest BCUT2D eigenvalue weighted by Crippen LogP contribution is -2.47. The van der Waals surface area contributed by atoms with Crippen LogP contribution in [0.3, 0.4) is 0 Å². The maximum Gasteiger partial charge on any atom is 0.240 e. The third-order valence-electron chi connectivity index (χ3n) is 2.54. The zero-order valence-electron chi connectivity index (χ0n) is 9.19. The molecule has 0 bridgehead atoms. The van der Waals surface area contributed by atoms with Gasteiger partial charge in [-0.15, -0.1) is 0 Å². The number of hydrogen-bond acceptors (Lipinski definition) is 4. The molecule has 2 atom stereocenters. The van der Waals surface area contributed by atoms with Crippen LogP contribution in [0.5, 0.6) is 0 Å². The number of amides is 2. The Kier molecular flexibility index (Phi) is 4.79. The smallest absolute Gasteiger partial charge is 0.240 e. The molecule has 0 saturated carbocycles. The van der Waals surface area contributed by atoms with Crippen molar-refractivity contribution >= 4 is 29.4 Å². The molecule has 1 aliphatic heterocycles. The van der Waals surface area contributed by atoms with Gasteiger partial charge in [0.2, 0.25) is 11.8 Å². The molecule has 1 rings (SSSR count). The van der Waals surface area contributed by atoms with Crippen molar-refractivity contribution in [2.75, 3.05) is 11.5 Å². The van der Waals surface area contributed by atoms with Gasteiger partial charge in [-0.2, -0.15) is 11.8 Å². The second-order valence-corrected chi connectivity index (χ2v) is 5.08. The number of rotatable bonds is 1. The Bertz CT molecular complexity index is 306. The van der Waals surface area contributed by atoms with E-state index in [2.05, 4.69) is 5.32 Å². The molecule has 2 unspecified atom stereocenters. The second kappa shape index (κ2) is 5.89. The van der Waals surface area contributed by atoms with Crippen LogP contribution in [0, 0.1) is 5.92 Å². The fourth-order valence-corrected chi connectivity index (χ4v) is 2.57. The van der Waals surface area contributed by atoms with Crippen LogP contribution < -0.4 is 11.1 Å². The van der Waals surface area contributed by atoms with Gasteiger partial charge in [-0.3, -0.25) is 14.4 Å². The van der Waals surface area contributed by atoms with Gasteiger partial charge < -0.3 is 11.1 Å². The van der Waals surface area contributed by atoms with Crippen LogP contribution in [-0.2, 0) is 14.4 Å². The summed E-state index contributed by atoms with van der Waals surface area (Å²) in [5.41, 5.74) is 5.15. The van der Waals surface area contributed by atoms with Crippen molar-refractivity contribution in [2.45, 2.75) is 25.8 Å². The third-order valence-corrected chi connectivity index (χ3v) is 3.64. The first-order valence-corrected chi connectivity index (χ1v) is 6.35. The fourth-order valence-electron chi connectivity index (χ4n) is 1.40. The molecule has 5 nitrogen and oxygen atoms in total. The van der Waals surface area contributed by atoms with Gasteiger partial charge in [0.1, 0.15) is 11.8 Å². The number of primary amides is 1. The van der Waals surface area contributed by atoms with E-state index < -0.39 is 17.9 Å².